The van der Waals surface area contributed by atoms with E-state index < -0.39 is 5.60 Å². The minimum Gasteiger partial charge on any atom is -0.385 e. The molecule has 2 N–H and O–H groups in total. The summed E-state index contributed by atoms with van der Waals surface area (Å²) in [7, 11) is 0. The predicted molar refractivity (Wildman–Crippen MR) is 102 cm³/mol. The lowest BCUT2D eigenvalue weighted by molar-refractivity contribution is -0.120. The summed E-state index contributed by atoms with van der Waals surface area (Å²) in [5.74, 6) is -0.257. The van der Waals surface area contributed by atoms with E-state index in [1.165, 1.54) is 0 Å². The molecule has 0 saturated carbocycles. The maximum absolute atomic E-state index is 12.6. The van der Waals surface area contributed by atoms with Crippen LogP contribution in [0.2, 0.25) is 0 Å². The van der Waals surface area contributed by atoms with E-state index in [1.54, 1.807) is 11.6 Å². The van der Waals surface area contributed by atoms with Gasteiger partial charge in [0, 0.05) is 5.69 Å². The molecular weight excluding hydrogens is 326 g/mol. The standard InChI is InChI=1S/C21H23N3O2/c1-15-13-16(2)24(23-15)19-12-8-7-11-18(19)22-20(25)14-21(3,26)17-9-5-4-6-10-17/h4-13,26H,14H2,1-3H3,(H,22,25). The first kappa shape index (κ1) is 17.9. The lowest BCUT2D eigenvalue weighted by Crippen LogP contribution is -2.28. The third kappa shape index (κ3) is 3.83. The molecule has 2 aromatic carbocycles. The fourth-order valence-corrected chi connectivity index (χ4v) is 3.04. The number of aliphatic hydroxyl groups is 1. The Labute approximate surface area is 153 Å². The van der Waals surface area contributed by atoms with E-state index in [0.29, 0.717) is 11.3 Å². The number of benzene rings is 2. The van der Waals surface area contributed by atoms with Crippen molar-refractivity contribution in [3.63, 3.8) is 0 Å². The van der Waals surface area contributed by atoms with Crippen molar-refractivity contribution in [3.8, 4) is 5.69 Å². The first-order chi connectivity index (χ1) is 12.4. The summed E-state index contributed by atoms with van der Waals surface area (Å²) in [6.07, 6.45) is -0.0392. The van der Waals surface area contributed by atoms with Gasteiger partial charge in [-0.3, -0.25) is 4.79 Å². The van der Waals surface area contributed by atoms with Gasteiger partial charge in [0.1, 0.15) is 0 Å². The minimum absolute atomic E-state index is 0.0392. The molecule has 0 fully saturated rings. The number of nitrogens with zero attached hydrogens (tertiary/aromatic N) is 2. The lowest BCUT2D eigenvalue weighted by atomic mass is 9.92. The Bertz CT molecular complexity index is 914. The highest BCUT2D eigenvalue weighted by atomic mass is 16.3. The van der Waals surface area contributed by atoms with Gasteiger partial charge in [-0.25, -0.2) is 4.68 Å². The topological polar surface area (TPSA) is 67.2 Å². The highest BCUT2D eigenvalue weighted by Gasteiger charge is 2.26. The largest absolute Gasteiger partial charge is 0.385 e. The van der Waals surface area contributed by atoms with E-state index in [2.05, 4.69) is 10.4 Å². The van der Waals surface area contributed by atoms with Crippen molar-refractivity contribution in [2.24, 2.45) is 0 Å². The van der Waals surface area contributed by atoms with Gasteiger partial charge in [0.2, 0.25) is 5.91 Å². The van der Waals surface area contributed by atoms with E-state index in [-0.39, 0.29) is 12.3 Å². The number of aromatic nitrogens is 2. The quantitative estimate of drug-likeness (QED) is 0.738. The van der Waals surface area contributed by atoms with Crippen molar-refractivity contribution >= 4 is 11.6 Å². The average Bonchev–Trinajstić information content (AvgIpc) is 2.94. The van der Waals surface area contributed by atoms with Crippen LogP contribution in [0.25, 0.3) is 5.69 Å². The molecule has 0 radical (unpaired) electrons. The number of aryl methyl sites for hydroxylation is 2. The van der Waals surface area contributed by atoms with Gasteiger partial charge in [0.15, 0.2) is 0 Å². The maximum Gasteiger partial charge on any atom is 0.227 e. The van der Waals surface area contributed by atoms with Crippen LogP contribution in [0.1, 0.15) is 30.3 Å². The zero-order valence-corrected chi connectivity index (χ0v) is 15.2. The molecule has 134 valence electrons. The number of rotatable bonds is 5. The van der Waals surface area contributed by atoms with Crippen molar-refractivity contribution in [2.45, 2.75) is 32.8 Å². The van der Waals surface area contributed by atoms with Crippen molar-refractivity contribution in [1.82, 2.24) is 9.78 Å². The van der Waals surface area contributed by atoms with Crippen LogP contribution in [0.5, 0.6) is 0 Å². The van der Waals surface area contributed by atoms with E-state index in [4.69, 9.17) is 0 Å². The molecule has 1 aromatic heterocycles. The summed E-state index contributed by atoms with van der Waals surface area (Å²) in [5.41, 5.74) is 2.83. The molecule has 0 aliphatic heterocycles. The van der Waals surface area contributed by atoms with Crippen LogP contribution < -0.4 is 5.32 Å². The molecule has 0 aliphatic carbocycles. The fourth-order valence-electron chi connectivity index (χ4n) is 3.04. The summed E-state index contributed by atoms with van der Waals surface area (Å²) >= 11 is 0. The molecular formula is C21H23N3O2. The Hall–Kier alpha value is -2.92. The molecule has 1 amide bonds. The number of para-hydroxylation sites is 2. The predicted octanol–water partition coefficient (Wildman–Crippen LogP) is 3.73. The number of hydrogen-bond donors (Lipinski definition) is 2. The van der Waals surface area contributed by atoms with Crippen molar-refractivity contribution < 1.29 is 9.90 Å². The first-order valence-corrected chi connectivity index (χ1v) is 8.57. The van der Waals surface area contributed by atoms with Gasteiger partial charge in [0.05, 0.1) is 29.1 Å². The zero-order valence-electron chi connectivity index (χ0n) is 15.2. The third-order valence-corrected chi connectivity index (χ3v) is 4.32. The number of anilines is 1. The molecule has 1 heterocycles. The Morgan fingerprint density at radius 3 is 2.42 bits per heavy atom. The van der Waals surface area contributed by atoms with Crippen LogP contribution in [0, 0.1) is 13.8 Å². The highest BCUT2D eigenvalue weighted by molar-refractivity contribution is 5.93. The summed E-state index contributed by atoms with van der Waals surface area (Å²) < 4.78 is 1.81. The number of hydrogen-bond acceptors (Lipinski definition) is 3. The maximum atomic E-state index is 12.6. The van der Waals surface area contributed by atoms with Gasteiger partial charge >= 0.3 is 0 Å². The van der Waals surface area contributed by atoms with Crippen molar-refractivity contribution in [2.75, 3.05) is 5.32 Å². The van der Waals surface area contributed by atoms with Gasteiger partial charge in [-0.15, -0.1) is 0 Å². The Morgan fingerprint density at radius 2 is 1.77 bits per heavy atom. The number of amides is 1. The van der Waals surface area contributed by atoms with E-state index >= 15 is 0 Å². The highest BCUT2D eigenvalue weighted by Crippen LogP contribution is 2.26. The number of carbonyl (C=O) groups excluding carboxylic acids is 1. The van der Waals surface area contributed by atoms with Crippen LogP contribution in [-0.2, 0) is 10.4 Å². The molecule has 26 heavy (non-hydrogen) atoms. The molecule has 0 aliphatic rings. The molecule has 0 saturated heterocycles. The Morgan fingerprint density at radius 1 is 1.12 bits per heavy atom. The van der Waals surface area contributed by atoms with Crippen LogP contribution in [-0.4, -0.2) is 20.8 Å². The van der Waals surface area contributed by atoms with E-state index in [9.17, 15) is 9.90 Å². The molecule has 1 atom stereocenters. The van der Waals surface area contributed by atoms with E-state index in [0.717, 1.165) is 17.1 Å². The Balaban J connectivity index is 1.81. The van der Waals surface area contributed by atoms with Crippen LogP contribution >= 0.6 is 0 Å². The molecule has 0 bridgehead atoms. The van der Waals surface area contributed by atoms with Gasteiger partial charge in [-0.1, -0.05) is 42.5 Å². The molecule has 1 unspecified atom stereocenters. The fraction of sp³-hybridized carbons (Fsp3) is 0.238. The second-order valence-corrected chi connectivity index (χ2v) is 6.72. The van der Waals surface area contributed by atoms with Crippen LogP contribution in [0.3, 0.4) is 0 Å². The monoisotopic (exact) mass is 349 g/mol. The summed E-state index contributed by atoms with van der Waals surface area (Å²) in [5, 5.41) is 18.1. The number of carbonyl (C=O) groups is 1. The lowest BCUT2D eigenvalue weighted by Gasteiger charge is -2.23. The van der Waals surface area contributed by atoms with Crippen molar-refractivity contribution in [1.29, 1.82) is 0 Å². The first-order valence-electron chi connectivity index (χ1n) is 8.57. The average molecular weight is 349 g/mol. The van der Waals surface area contributed by atoms with E-state index in [1.807, 2.05) is 74.5 Å². The molecule has 5 nitrogen and oxygen atoms in total. The Kier molecular flexibility index (Phi) is 4.91. The van der Waals surface area contributed by atoms with Crippen molar-refractivity contribution in [3.05, 3.63) is 77.6 Å². The van der Waals surface area contributed by atoms with Gasteiger partial charge in [-0.2, -0.15) is 5.10 Å². The molecule has 3 rings (SSSR count). The SMILES string of the molecule is Cc1cc(C)n(-c2ccccc2NC(=O)CC(C)(O)c2ccccc2)n1. The van der Waals surface area contributed by atoms with Crippen LogP contribution in [0.4, 0.5) is 5.69 Å². The number of nitrogens with one attached hydrogen (secondary N) is 1. The summed E-state index contributed by atoms with van der Waals surface area (Å²) in [4.78, 5) is 12.6. The third-order valence-electron chi connectivity index (χ3n) is 4.32. The second kappa shape index (κ2) is 7.14. The van der Waals surface area contributed by atoms with Gasteiger partial charge in [-0.05, 0) is 44.5 Å². The smallest absolute Gasteiger partial charge is 0.227 e. The second-order valence-electron chi connectivity index (χ2n) is 6.72. The summed E-state index contributed by atoms with van der Waals surface area (Å²) in [6, 6.07) is 18.7. The zero-order chi connectivity index (χ0) is 18.7. The normalized spacial score (nSPS) is 13.2. The van der Waals surface area contributed by atoms with Gasteiger partial charge < -0.3 is 10.4 Å². The minimum atomic E-state index is -1.24. The molecule has 5 heteroatoms. The van der Waals surface area contributed by atoms with Gasteiger partial charge in [0.25, 0.3) is 0 Å². The molecule has 3 aromatic rings. The molecule has 0 spiro atoms. The summed E-state index contributed by atoms with van der Waals surface area (Å²) in [6.45, 7) is 5.55. The van der Waals surface area contributed by atoms with Crippen LogP contribution in [0.15, 0.2) is 60.7 Å².